The molecule has 2 rings (SSSR count). The van der Waals surface area contributed by atoms with Crippen molar-refractivity contribution in [2.75, 3.05) is 6.54 Å². The van der Waals surface area contributed by atoms with Crippen LogP contribution in [0.3, 0.4) is 0 Å². The Morgan fingerprint density at radius 3 is 2.76 bits per heavy atom. The molecule has 114 valence electrons. The van der Waals surface area contributed by atoms with E-state index in [1.54, 1.807) is 0 Å². The summed E-state index contributed by atoms with van der Waals surface area (Å²) >= 11 is 5.67. The number of benzene rings is 1. The highest BCUT2D eigenvalue weighted by Crippen LogP contribution is 2.27. The molecule has 21 heavy (non-hydrogen) atoms. The summed E-state index contributed by atoms with van der Waals surface area (Å²) in [5.41, 5.74) is -0.442. The summed E-state index contributed by atoms with van der Waals surface area (Å²) in [6.45, 7) is 0.582. The molecule has 1 heterocycles. The van der Waals surface area contributed by atoms with Crippen LogP contribution in [0.25, 0.3) is 0 Å². The van der Waals surface area contributed by atoms with E-state index in [2.05, 4.69) is 9.71 Å². The summed E-state index contributed by atoms with van der Waals surface area (Å²) in [5, 5.41) is 10.7. The van der Waals surface area contributed by atoms with E-state index in [1.165, 1.54) is 12.1 Å². The van der Waals surface area contributed by atoms with Gasteiger partial charge in [0.05, 0.1) is 9.82 Å². The number of amidine groups is 1. The average molecular weight is 332 g/mol. The maximum Gasteiger partial charge on any atom is 0.289 e. The molecular formula is C12H14ClN3O4S. The van der Waals surface area contributed by atoms with Gasteiger partial charge in [-0.25, -0.2) is 8.42 Å². The Bertz CT molecular complexity index is 688. The van der Waals surface area contributed by atoms with Crippen LogP contribution in [-0.4, -0.2) is 25.7 Å². The maximum atomic E-state index is 12.2. The highest BCUT2D eigenvalue weighted by molar-refractivity contribution is 7.90. The largest absolute Gasteiger partial charge is 0.289 e. The third kappa shape index (κ3) is 3.92. The van der Waals surface area contributed by atoms with Crippen LogP contribution >= 0.6 is 11.6 Å². The zero-order valence-electron chi connectivity index (χ0n) is 11.1. The first-order valence-electron chi connectivity index (χ1n) is 6.40. The molecule has 0 spiro atoms. The number of hydrogen-bond acceptors (Lipinski definition) is 5. The first kappa shape index (κ1) is 15.7. The van der Waals surface area contributed by atoms with Gasteiger partial charge in [-0.1, -0.05) is 18.0 Å². The normalized spacial score (nSPS) is 16.0. The lowest BCUT2D eigenvalue weighted by molar-refractivity contribution is -0.384. The highest BCUT2D eigenvalue weighted by Gasteiger charge is 2.22. The van der Waals surface area contributed by atoms with Gasteiger partial charge in [-0.2, -0.15) is 0 Å². The quantitative estimate of drug-likeness (QED) is 0.679. The van der Waals surface area contributed by atoms with Gasteiger partial charge >= 0.3 is 0 Å². The zero-order valence-corrected chi connectivity index (χ0v) is 12.7. The fraction of sp³-hybridized carbons (Fsp3) is 0.417. The van der Waals surface area contributed by atoms with Crippen LogP contribution in [0.15, 0.2) is 28.1 Å². The van der Waals surface area contributed by atoms with E-state index in [0.717, 1.165) is 25.3 Å². The Hall–Kier alpha value is -1.67. The Morgan fingerprint density at radius 2 is 2.05 bits per heavy atom. The standard InChI is InChI=1S/C12H14ClN3O4S/c13-10-6-5-9(8-11(10)16(17)18)21(19,20)15-12-4-2-1-3-7-14-12/h5-6,8H,1-4,7H2,(H,14,15). The SMILES string of the molecule is O=[N+]([O-])c1cc(S(=O)(=O)NC2=NCCCCC2)ccc1Cl. The number of nitro groups is 1. The van der Waals surface area contributed by atoms with E-state index in [0.29, 0.717) is 18.8 Å². The van der Waals surface area contributed by atoms with Gasteiger partial charge in [0.2, 0.25) is 0 Å². The number of halogens is 1. The first-order chi connectivity index (χ1) is 9.90. The molecule has 1 aliphatic heterocycles. The zero-order chi connectivity index (χ0) is 15.5. The summed E-state index contributed by atoms with van der Waals surface area (Å²) in [6.07, 6.45) is 3.34. The van der Waals surface area contributed by atoms with Crippen molar-refractivity contribution in [1.29, 1.82) is 0 Å². The molecule has 1 aromatic rings. The molecule has 0 atom stereocenters. The van der Waals surface area contributed by atoms with Crippen molar-refractivity contribution >= 4 is 33.1 Å². The summed E-state index contributed by atoms with van der Waals surface area (Å²) in [5.74, 6) is 0.394. The molecular weight excluding hydrogens is 318 g/mol. The number of sulfonamides is 1. The molecule has 1 aromatic carbocycles. The van der Waals surface area contributed by atoms with Crippen molar-refractivity contribution < 1.29 is 13.3 Å². The Morgan fingerprint density at radius 1 is 1.29 bits per heavy atom. The second-order valence-corrected chi connectivity index (χ2v) is 6.70. The predicted octanol–water partition coefficient (Wildman–Crippen LogP) is 2.50. The molecule has 0 saturated heterocycles. The molecule has 0 amide bonds. The van der Waals surface area contributed by atoms with Crippen LogP contribution < -0.4 is 4.72 Å². The van der Waals surface area contributed by atoms with Crippen molar-refractivity contribution in [2.24, 2.45) is 4.99 Å². The maximum absolute atomic E-state index is 12.2. The van der Waals surface area contributed by atoms with Crippen LogP contribution in [0, 0.1) is 10.1 Å². The van der Waals surface area contributed by atoms with Crippen LogP contribution in [0.4, 0.5) is 5.69 Å². The number of hydrogen-bond donors (Lipinski definition) is 1. The number of aliphatic imine (C=N–C) groups is 1. The summed E-state index contributed by atoms with van der Waals surface area (Å²) in [7, 11) is -3.89. The third-order valence-electron chi connectivity index (χ3n) is 3.05. The van der Waals surface area contributed by atoms with Gasteiger partial charge in [0, 0.05) is 19.0 Å². The molecule has 0 radical (unpaired) electrons. The summed E-state index contributed by atoms with van der Waals surface area (Å²) in [4.78, 5) is 14.1. The molecule has 9 heteroatoms. The third-order valence-corrected chi connectivity index (χ3v) is 4.75. The van der Waals surface area contributed by atoms with Gasteiger partial charge in [0.15, 0.2) is 0 Å². The van der Waals surface area contributed by atoms with Gasteiger partial charge in [0.1, 0.15) is 10.9 Å². The molecule has 1 aliphatic rings. The van der Waals surface area contributed by atoms with Crippen molar-refractivity contribution in [3.8, 4) is 0 Å². The van der Waals surface area contributed by atoms with E-state index in [1.807, 2.05) is 0 Å². The van der Waals surface area contributed by atoms with Crippen LogP contribution in [0.1, 0.15) is 25.7 Å². The summed E-state index contributed by atoms with van der Waals surface area (Å²) < 4.78 is 26.9. The smallest absolute Gasteiger partial charge is 0.272 e. The Kier molecular flexibility index (Phi) is 4.79. The lowest BCUT2D eigenvalue weighted by atomic mass is 10.2. The first-order valence-corrected chi connectivity index (χ1v) is 8.26. The minimum absolute atomic E-state index is 0.106. The van der Waals surface area contributed by atoms with Gasteiger partial charge in [-0.05, 0) is 25.0 Å². The summed E-state index contributed by atoms with van der Waals surface area (Å²) in [6, 6.07) is 3.38. The lowest BCUT2D eigenvalue weighted by Crippen LogP contribution is -2.30. The number of rotatable bonds is 3. The highest BCUT2D eigenvalue weighted by atomic mass is 35.5. The molecule has 7 nitrogen and oxygen atoms in total. The van der Waals surface area contributed by atoms with Crippen LogP contribution in [-0.2, 0) is 10.0 Å². The second-order valence-electron chi connectivity index (χ2n) is 4.61. The second kappa shape index (κ2) is 6.40. The lowest BCUT2D eigenvalue weighted by Gasteiger charge is -2.09. The van der Waals surface area contributed by atoms with E-state index >= 15 is 0 Å². The molecule has 1 N–H and O–H groups in total. The van der Waals surface area contributed by atoms with E-state index < -0.39 is 20.6 Å². The minimum Gasteiger partial charge on any atom is -0.272 e. The molecule has 0 unspecified atom stereocenters. The molecule has 0 bridgehead atoms. The van der Waals surface area contributed by atoms with Crippen molar-refractivity contribution in [1.82, 2.24) is 4.72 Å². The van der Waals surface area contributed by atoms with Crippen molar-refractivity contribution in [2.45, 2.75) is 30.6 Å². The van der Waals surface area contributed by atoms with E-state index in [-0.39, 0.29) is 9.92 Å². The van der Waals surface area contributed by atoms with Crippen molar-refractivity contribution in [3.63, 3.8) is 0 Å². The van der Waals surface area contributed by atoms with Crippen molar-refractivity contribution in [3.05, 3.63) is 33.3 Å². The fourth-order valence-corrected chi connectivity index (χ4v) is 3.27. The van der Waals surface area contributed by atoms with Gasteiger partial charge in [0.25, 0.3) is 15.7 Å². The Balaban J connectivity index is 2.29. The topological polar surface area (TPSA) is 102 Å². The number of nitrogens with one attached hydrogen (secondary N) is 1. The van der Waals surface area contributed by atoms with Gasteiger partial charge < -0.3 is 0 Å². The molecule has 0 fully saturated rings. The van der Waals surface area contributed by atoms with E-state index in [4.69, 9.17) is 11.6 Å². The average Bonchev–Trinajstić information content (AvgIpc) is 2.66. The predicted molar refractivity (Wildman–Crippen MR) is 79.2 cm³/mol. The number of nitro benzene ring substituents is 1. The van der Waals surface area contributed by atoms with Crippen LogP contribution in [0.2, 0.25) is 5.02 Å². The number of nitrogens with zero attached hydrogens (tertiary/aromatic N) is 2. The Labute approximate surface area is 127 Å². The van der Waals surface area contributed by atoms with E-state index in [9.17, 15) is 18.5 Å². The fourth-order valence-electron chi connectivity index (χ4n) is 1.97. The molecule has 0 saturated carbocycles. The molecule has 0 aromatic heterocycles. The minimum atomic E-state index is -3.89. The van der Waals surface area contributed by atoms with Crippen LogP contribution in [0.5, 0.6) is 0 Å². The van der Waals surface area contributed by atoms with Gasteiger partial charge in [-0.3, -0.25) is 19.8 Å². The van der Waals surface area contributed by atoms with Gasteiger partial charge in [-0.15, -0.1) is 0 Å². The molecule has 0 aliphatic carbocycles. The monoisotopic (exact) mass is 331 g/mol.